The molecule has 6 heteroatoms. The second-order valence-corrected chi connectivity index (χ2v) is 4.28. The number of hydrogen-bond acceptors (Lipinski definition) is 3. The number of halogens is 1. The summed E-state index contributed by atoms with van der Waals surface area (Å²) in [6.07, 6.45) is 0. The molecule has 0 aromatic heterocycles. The van der Waals surface area contributed by atoms with Gasteiger partial charge in [-0.3, -0.25) is 0 Å². The monoisotopic (exact) mass is 274 g/mol. The second kappa shape index (κ2) is 5.23. The maximum absolute atomic E-state index is 10.5. The molecular formula is C6H4BrCaO3P. The summed E-state index contributed by atoms with van der Waals surface area (Å²) in [4.78, 5) is 31.5. The standard InChI is InChI=1S/C6H6BrO3P.Ca/c7-5-3-1-2-4-6(5)11(8,9)10;/h1-4H,(H2,8,9,10);/q;+2/p-2. The molecule has 0 radical (unpaired) electrons. The molecule has 60 valence electrons. The minimum Gasteiger partial charge on any atom is -0.683 e. The van der Waals surface area contributed by atoms with E-state index < -0.39 is 7.94 Å². The first-order valence-electron chi connectivity index (χ1n) is 2.79. The summed E-state index contributed by atoms with van der Waals surface area (Å²) in [5.74, 6) is 0. The Bertz CT molecular complexity index is 263. The van der Waals surface area contributed by atoms with Crippen LogP contribution in [0.5, 0.6) is 0 Å². The fraction of sp³-hybridized carbons (Fsp3) is 0. The molecule has 1 aromatic rings. The molecule has 0 amide bonds. The molecule has 1 rings (SSSR count). The minimum atomic E-state index is -4.60. The summed E-state index contributed by atoms with van der Waals surface area (Å²) in [6, 6.07) is 5.93. The largest absolute Gasteiger partial charge is 2.00 e. The Kier molecular flexibility index (Phi) is 5.78. The van der Waals surface area contributed by atoms with Crippen molar-refractivity contribution < 1.29 is 14.7 Å². The van der Waals surface area contributed by atoms with Gasteiger partial charge in [0.05, 0.1) is 9.78 Å². The summed E-state index contributed by atoms with van der Waals surface area (Å²) in [5.41, 5.74) is 0. The molecule has 0 aliphatic heterocycles. The molecule has 0 saturated heterocycles. The molecule has 0 bridgehead atoms. The van der Waals surface area contributed by atoms with Crippen LogP contribution in [0.15, 0.2) is 28.7 Å². The van der Waals surface area contributed by atoms with E-state index in [2.05, 4.69) is 15.9 Å². The summed E-state index contributed by atoms with van der Waals surface area (Å²) in [5, 5.41) is -0.194. The van der Waals surface area contributed by atoms with Gasteiger partial charge in [-0.05, 0) is 28.1 Å². The van der Waals surface area contributed by atoms with Crippen LogP contribution in [-0.4, -0.2) is 37.7 Å². The normalized spacial score (nSPS) is 10.7. The Morgan fingerprint density at radius 2 is 1.58 bits per heavy atom. The summed E-state index contributed by atoms with van der Waals surface area (Å²) < 4.78 is 0.313. The third kappa shape index (κ3) is 3.56. The zero-order chi connectivity index (χ0) is 8.48. The van der Waals surface area contributed by atoms with Crippen molar-refractivity contribution in [2.75, 3.05) is 0 Å². The summed E-state index contributed by atoms with van der Waals surface area (Å²) in [6.45, 7) is 0. The van der Waals surface area contributed by atoms with E-state index in [1.54, 1.807) is 6.07 Å². The first-order chi connectivity index (χ1) is 5.02. The molecule has 12 heavy (non-hydrogen) atoms. The van der Waals surface area contributed by atoms with E-state index in [0.717, 1.165) is 0 Å². The Balaban J connectivity index is 0.00000121. The van der Waals surface area contributed by atoms with Crippen molar-refractivity contribution in [1.29, 1.82) is 0 Å². The molecule has 0 aliphatic rings. The first-order valence-corrected chi connectivity index (χ1v) is 5.12. The third-order valence-electron chi connectivity index (χ3n) is 1.15. The first kappa shape index (κ1) is 13.3. The van der Waals surface area contributed by atoms with Gasteiger partial charge in [-0.1, -0.05) is 12.1 Å². The van der Waals surface area contributed by atoms with Crippen molar-refractivity contribution in [2.45, 2.75) is 0 Å². The summed E-state index contributed by atoms with van der Waals surface area (Å²) in [7, 11) is -4.60. The third-order valence-corrected chi connectivity index (χ3v) is 3.13. The molecule has 0 N–H and O–H groups in total. The molecule has 0 aliphatic carbocycles. The van der Waals surface area contributed by atoms with Crippen molar-refractivity contribution in [3.63, 3.8) is 0 Å². The fourth-order valence-corrected chi connectivity index (χ4v) is 2.21. The quantitative estimate of drug-likeness (QED) is 0.464. The fourth-order valence-electron chi connectivity index (χ4n) is 0.674. The predicted molar refractivity (Wildman–Crippen MR) is 46.5 cm³/mol. The van der Waals surface area contributed by atoms with Gasteiger partial charge in [0.2, 0.25) is 0 Å². The topological polar surface area (TPSA) is 69.2 Å². The number of hydrogen-bond donors (Lipinski definition) is 0. The molecule has 0 fully saturated rings. The second-order valence-electron chi connectivity index (χ2n) is 1.95. The molecule has 0 spiro atoms. The Labute approximate surface area is 109 Å². The van der Waals surface area contributed by atoms with Gasteiger partial charge in [-0.25, -0.2) is 0 Å². The van der Waals surface area contributed by atoms with E-state index in [9.17, 15) is 14.7 Å². The molecular weight excluding hydrogens is 271 g/mol. The molecule has 1 aromatic carbocycles. The van der Waals surface area contributed by atoms with Crippen LogP contribution >= 0.6 is 23.9 Å². The maximum Gasteiger partial charge on any atom is 2.00 e. The van der Waals surface area contributed by atoms with Crippen LogP contribution in [0, 0.1) is 0 Å². The number of rotatable bonds is 1. The van der Waals surface area contributed by atoms with Crippen LogP contribution in [0.4, 0.5) is 0 Å². The zero-order valence-electron chi connectivity index (χ0n) is 6.07. The Morgan fingerprint density at radius 1 is 1.08 bits per heavy atom. The van der Waals surface area contributed by atoms with E-state index in [1.165, 1.54) is 18.2 Å². The van der Waals surface area contributed by atoms with Gasteiger partial charge in [-0.2, -0.15) is 0 Å². The van der Waals surface area contributed by atoms with E-state index in [4.69, 9.17) is 0 Å². The van der Waals surface area contributed by atoms with Gasteiger partial charge < -0.3 is 14.7 Å². The SMILES string of the molecule is [Ca+2].[O-][P+]([O-])([O-])c1ccccc1Br. The zero-order valence-corrected chi connectivity index (χ0v) is 10.8. The van der Waals surface area contributed by atoms with Gasteiger partial charge in [0, 0.05) is 0 Å². The maximum atomic E-state index is 10.5. The smallest absolute Gasteiger partial charge is 0.683 e. The van der Waals surface area contributed by atoms with Crippen LogP contribution in [-0.2, 0) is 0 Å². The van der Waals surface area contributed by atoms with E-state index in [0.29, 0.717) is 4.47 Å². The van der Waals surface area contributed by atoms with Crippen molar-refractivity contribution in [2.24, 2.45) is 0 Å². The minimum absolute atomic E-state index is 0. The van der Waals surface area contributed by atoms with Gasteiger partial charge in [0.1, 0.15) is 0 Å². The van der Waals surface area contributed by atoms with Gasteiger partial charge in [0.25, 0.3) is 0 Å². The van der Waals surface area contributed by atoms with Crippen molar-refractivity contribution >= 4 is 66.9 Å². The van der Waals surface area contributed by atoms with Crippen LogP contribution in [0.1, 0.15) is 0 Å². The molecule has 0 unspecified atom stereocenters. The molecule has 0 saturated carbocycles. The Hall–Kier alpha value is 1.27. The van der Waals surface area contributed by atoms with Crippen LogP contribution in [0.2, 0.25) is 0 Å². The van der Waals surface area contributed by atoms with Crippen LogP contribution in [0.25, 0.3) is 0 Å². The average molecular weight is 275 g/mol. The van der Waals surface area contributed by atoms with Crippen molar-refractivity contribution in [1.82, 2.24) is 0 Å². The van der Waals surface area contributed by atoms with Crippen LogP contribution in [0.3, 0.4) is 0 Å². The Morgan fingerprint density at radius 3 is 1.92 bits per heavy atom. The van der Waals surface area contributed by atoms with Gasteiger partial charge >= 0.3 is 37.7 Å². The van der Waals surface area contributed by atoms with Gasteiger partial charge in [-0.15, -0.1) is 7.94 Å². The summed E-state index contributed by atoms with van der Waals surface area (Å²) >= 11 is 2.96. The van der Waals surface area contributed by atoms with Gasteiger partial charge in [0.15, 0.2) is 0 Å². The van der Waals surface area contributed by atoms with Crippen molar-refractivity contribution in [3.8, 4) is 0 Å². The van der Waals surface area contributed by atoms with Crippen LogP contribution < -0.4 is 20.0 Å². The number of benzene rings is 1. The van der Waals surface area contributed by atoms with Crippen molar-refractivity contribution in [3.05, 3.63) is 28.7 Å². The van der Waals surface area contributed by atoms with E-state index in [-0.39, 0.29) is 43.0 Å². The molecule has 0 atom stereocenters. The average Bonchev–Trinajstić information content (AvgIpc) is 1.86. The predicted octanol–water partition coefficient (Wildman–Crippen LogP) is -1.46. The van der Waals surface area contributed by atoms with E-state index >= 15 is 0 Å². The van der Waals surface area contributed by atoms with E-state index in [1.807, 2.05) is 0 Å². The molecule has 0 heterocycles. The molecule has 3 nitrogen and oxygen atoms in total.